The first-order chi connectivity index (χ1) is 17.1. The second-order valence-corrected chi connectivity index (χ2v) is 8.92. The van der Waals surface area contributed by atoms with E-state index in [0.29, 0.717) is 23.1 Å². The number of rotatable bonds is 8. The first-order valence-corrected chi connectivity index (χ1v) is 11.7. The fourth-order valence-electron chi connectivity index (χ4n) is 3.84. The van der Waals surface area contributed by atoms with E-state index in [0.717, 1.165) is 11.1 Å². The summed E-state index contributed by atoms with van der Waals surface area (Å²) in [5.74, 6) is -0.878. The van der Waals surface area contributed by atoms with Gasteiger partial charge in [-0.3, -0.25) is 4.79 Å². The van der Waals surface area contributed by atoms with Crippen molar-refractivity contribution in [2.45, 2.75) is 47.5 Å². The normalized spacial score (nSPS) is 10.7. The number of esters is 1. The fraction of sp³-hybridized carbons (Fsp3) is 0.310. The van der Waals surface area contributed by atoms with Crippen molar-refractivity contribution in [2.24, 2.45) is 0 Å². The topological polar surface area (TPSA) is 106 Å². The molecule has 3 rings (SSSR count). The molecule has 7 nitrogen and oxygen atoms in total. The summed E-state index contributed by atoms with van der Waals surface area (Å²) in [5.41, 5.74) is 3.03. The molecule has 0 saturated heterocycles. The molecular formula is C29H32O7. The number of ether oxygens (including phenoxy) is 2. The van der Waals surface area contributed by atoms with Crippen LogP contribution in [0.1, 0.15) is 56.1 Å². The lowest BCUT2D eigenvalue weighted by Crippen LogP contribution is -2.10. The molecule has 0 bridgehead atoms. The molecule has 2 aromatic carbocycles. The zero-order chi connectivity index (χ0) is 26.6. The summed E-state index contributed by atoms with van der Waals surface area (Å²) in [6.07, 6.45) is 4.32. The molecule has 7 heteroatoms. The Morgan fingerprint density at radius 3 is 2.06 bits per heavy atom. The van der Waals surface area contributed by atoms with Gasteiger partial charge in [0.1, 0.15) is 22.5 Å². The second-order valence-electron chi connectivity index (χ2n) is 8.92. The van der Waals surface area contributed by atoms with Crippen LogP contribution in [0, 0.1) is 0 Å². The lowest BCUT2D eigenvalue weighted by atomic mass is 9.96. The van der Waals surface area contributed by atoms with Gasteiger partial charge in [0, 0.05) is 16.7 Å². The number of methoxy groups -OCH3 is 1. The van der Waals surface area contributed by atoms with Gasteiger partial charge in [-0.1, -0.05) is 35.4 Å². The van der Waals surface area contributed by atoms with Crippen LogP contribution in [-0.4, -0.2) is 29.9 Å². The fourth-order valence-corrected chi connectivity index (χ4v) is 3.84. The number of benzene rings is 2. The standard InChI is InChI=1S/C29H32O7/c1-7-35-29(33)19-12-10-18(11-13-19)26-28(34-6)25(32)22-24(31)20(14-8-16(2)3)23(30)21(27(22)36-26)15-9-17(4)5/h8-13,30-31H,7,14-15H2,1-6H3. The van der Waals surface area contributed by atoms with E-state index in [1.54, 1.807) is 31.2 Å². The predicted octanol–water partition coefficient (Wildman–Crippen LogP) is 6.07. The van der Waals surface area contributed by atoms with Gasteiger partial charge in [-0.2, -0.15) is 0 Å². The molecule has 1 aromatic heterocycles. The van der Waals surface area contributed by atoms with Crippen LogP contribution in [0.3, 0.4) is 0 Å². The highest BCUT2D eigenvalue weighted by atomic mass is 16.5. The van der Waals surface area contributed by atoms with E-state index < -0.39 is 11.4 Å². The highest BCUT2D eigenvalue weighted by molar-refractivity contribution is 5.93. The van der Waals surface area contributed by atoms with Crippen molar-refractivity contribution in [3.8, 4) is 28.6 Å². The maximum absolute atomic E-state index is 13.6. The SMILES string of the molecule is CCOC(=O)c1ccc(-c2oc3c(CC=C(C)C)c(O)c(CC=C(C)C)c(O)c3c(=O)c2OC)cc1. The largest absolute Gasteiger partial charge is 0.507 e. The molecule has 0 saturated carbocycles. The third-order valence-corrected chi connectivity index (χ3v) is 5.73. The molecule has 3 aromatic rings. The molecule has 0 aliphatic heterocycles. The van der Waals surface area contributed by atoms with E-state index in [2.05, 4.69) is 0 Å². The van der Waals surface area contributed by atoms with E-state index in [9.17, 15) is 19.8 Å². The summed E-state index contributed by atoms with van der Waals surface area (Å²) in [7, 11) is 1.35. The molecule has 1 heterocycles. The molecule has 2 N–H and O–H groups in total. The minimum absolute atomic E-state index is 0.0501. The minimum atomic E-state index is -0.558. The summed E-state index contributed by atoms with van der Waals surface area (Å²) in [5, 5.41) is 22.2. The third kappa shape index (κ3) is 5.30. The molecule has 36 heavy (non-hydrogen) atoms. The van der Waals surface area contributed by atoms with Gasteiger partial charge in [-0.15, -0.1) is 0 Å². The summed E-state index contributed by atoms with van der Waals surface area (Å²) >= 11 is 0. The number of hydrogen-bond donors (Lipinski definition) is 2. The van der Waals surface area contributed by atoms with Gasteiger partial charge >= 0.3 is 5.97 Å². The van der Waals surface area contributed by atoms with Crippen LogP contribution < -0.4 is 10.2 Å². The third-order valence-electron chi connectivity index (χ3n) is 5.73. The molecule has 0 amide bonds. The number of phenolic OH excluding ortho intramolecular Hbond substituents is 2. The van der Waals surface area contributed by atoms with Crippen molar-refractivity contribution in [1.82, 2.24) is 0 Å². The first-order valence-electron chi connectivity index (χ1n) is 11.7. The predicted molar refractivity (Wildman–Crippen MR) is 140 cm³/mol. The van der Waals surface area contributed by atoms with E-state index in [1.807, 2.05) is 39.8 Å². The van der Waals surface area contributed by atoms with Gasteiger partial charge in [-0.05, 0) is 59.6 Å². The van der Waals surface area contributed by atoms with E-state index in [4.69, 9.17) is 13.9 Å². The van der Waals surface area contributed by atoms with Crippen molar-refractivity contribution in [3.63, 3.8) is 0 Å². The average molecular weight is 493 g/mol. The zero-order valence-electron chi connectivity index (χ0n) is 21.5. The van der Waals surface area contributed by atoms with Gasteiger partial charge in [-0.25, -0.2) is 4.79 Å². The molecule has 0 radical (unpaired) electrons. The van der Waals surface area contributed by atoms with Crippen molar-refractivity contribution in [2.75, 3.05) is 13.7 Å². The lowest BCUT2D eigenvalue weighted by molar-refractivity contribution is 0.0526. The maximum atomic E-state index is 13.6. The smallest absolute Gasteiger partial charge is 0.338 e. The summed E-state index contributed by atoms with van der Waals surface area (Å²) < 4.78 is 16.6. The highest BCUT2D eigenvalue weighted by Gasteiger charge is 2.26. The number of carbonyl (C=O) groups is 1. The summed E-state index contributed by atoms with van der Waals surface area (Å²) in [4.78, 5) is 25.6. The van der Waals surface area contributed by atoms with Gasteiger partial charge in [0.05, 0.1) is 19.3 Å². The van der Waals surface area contributed by atoms with Crippen LogP contribution in [0.5, 0.6) is 17.2 Å². The number of aromatic hydroxyl groups is 2. The van der Waals surface area contributed by atoms with Gasteiger partial charge in [0.15, 0.2) is 5.76 Å². The second kappa shape index (κ2) is 11.2. The van der Waals surface area contributed by atoms with Crippen LogP contribution in [0.25, 0.3) is 22.3 Å². The Balaban J connectivity index is 2.35. The Hall–Kier alpha value is -4.00. The van der Waals surface area contributed by atoms with Crippen LogP contribution in [-0.2, 0) is 17.6 Å². The zero-order valence-corrected chi connectivity index (χ0v) is 21.5. The molecular weight excluding hydrogens is 460 g/mol. The van der Waals surface area contributed by atoms with Crippen LogP contribution >= 0.6 is 0 Å². The van der Waals surface area contributed by atoms with Crippen molar-refractivity contribution >= 4 is 16.9 Å². The minimum Gasteiger partial charge on any atom is -0.507 e. The van der Waals surface area contributed by atoms with Crippen LogP contribution in [0.2, 0.25) is 0 Å². The first kappa shape index (κ1) is 26.6. The van der Waals surface area contributed by atoms with Crippen molar-refractivity contribution in [1.29, 1.82) is 0 Å². The summed E-state index contributed by atoms with van der Waals surface area (Å²) in [6, 6.07) is 6.38. The number of fused-ring (bicyclic) bond motifs is 1. The Bertz CT molecular complexity index is 1400. The van der Waals surface area contributed by atoms with Crippen LogP contribution in [0.4, 0.5) is 0 Å². The Kier molecular flexibility index (Phi) is 8.25. The molecule has 0 spiro atoms. The lowest BCUT2D eigenvalue weighted by Gasteiger charge is -2.16. The van der Waals surface area contributed by atoms with Gasteiger partial charge in [0.25, 0.3) is 0 Å². The highest BCUT2D eigenvalue weighted by Crippen LogP contribution is 2.42. The van der Waals surface area contributed by atoms with Crippen molar-refractivity contribution in [3.05, 3.63) is 74.5 Å². The van der Waals surface area contributed by atoms with E-state index in [-0.39, 0.29) is 52.6 Å². The Morgan fingerprint density at radius 2 is 1.53 bits per heavy atom. The number of carbonyl (C=O) groups excluding carboxylic acids is 1. The molecule has 0 aliphatic rings. The Labute approximate surface area is 210 Å². The molecule has 0 aliphatic carbocycles. The van der Waals surface area contributed by atoms with Crippen LogP contribution in [0.15, 0.2) is 56.8 Å². The summed E-state index contributed by atoms with van der Waals surface area (Å²) in [6.45, 7) is 9.67. The van der Waals surface area contributed by atoms with Gasteiger partial charge in [0.2, 0.25) is 11.2 Å². The maximum Gasteiger partial charge on any atom is 0.338 e. The number of allylic oxidation sites excluding steroid dienone is 4. The molecule has 0 unspecified atom stereocenters. The molecule has 190 valence electrons. The molecule has 0 atom stereocenters. The quantitative estimate of drug-likeness (QED) is 0.290. The van der Waals surface area contributed by atoms with E-state index in [1.165, 1.54) is 7.11 Å². The van der Waals surface area contributed by atoms with Gasteiger partial charge < -0.3 is 24.1 Å². The molecule has 0 fully saturated rings. The average Bonchev–Trinajstić information content (AvgIpc) is 2.83. The number of phenols is 2. The number of hydrogen-bond acceptors (Lipinski definition) is 7. The van der Waals surface area contributed by atoms with E-state index >= 15 is 0 Å². The van der Waals surface area contributed by atoms with Crippen molar-refractivity contribution < 1.29 is 28.9 Å². The monoisotopic (exact) mass is 492 g/mol. The Morgan fingerprint density at radius 1 is 0.944 bits per heavy atom.